The van der Waals surface area contributed by atoms with Gasteiger partial charge in [0.15, 0.2) is 9.84 Å². The Morgan fingerprint density at radius 2 is 2.00 bits per heavy atom. The van der Waals surface area contributed by atoms with Crippen LogP contribution in [0.25, 0.3) is 0 Å². The van der Waals surface area contributed by atoms with Crippen molar-refractivity contribution in [1.82, 2.24) is 0 Å². The van der Waals surface area contributed by atoms with Crippen molar-refractivity contribution >= 4 is 26.7 Å². The Kier molecular flexibility index (Phi) is 4.10. The second-order valence-electron chi connectivity index (χ2n) is 2.22. The van der Waals surface area contributed by atoms with E-state index < -0.39 is 15.1 Å². The second-order valence-corrected chi connectivity index (χ2v) is 5.86. The number of carbonyl (C=O) groups excluding carboxylic acids is 1. The maximum Gasteiger partial charge on any atom is 0.206 e. The number of rotatable bonds is 3. The van der Waals surface area contributed by atoms with Gasteiger partial charge in [0.25, 0.3) is 0 Å². The molecule has 1 unspecified atom stereocenters. The van der Waals surface area contributed by atoms with Gasteiger partial charge in [-0.05, 0) is 12.7 Å². The van der Waals surface area contributed by atoms with Crippen molar-refractivity contribution in [3.05, 3.63) is 0 Å². The Bertz CT molecular complexity index is 230. The number of sulfone groups is 1. The number of hydrogen-bond donors (Lipinski definition) is 0. The lowest BCUT2D eigenvalue weighted by Gasteiger charge is -2.05. The quantitative estimate of drug-likeness (QED) is 0.666. The third-order valence-corrected chi connectivity index (χ3v) is 3.84. The molecule has 0 aliphatic carbocycles. The molecule has 0 rings (SSSR count). The Morgan fingerprint density at radius 1 is 1.55 bits per heavy atom. The standard InChI is InChI=1S/C6H12O3S2/c1-4-10-6(7)5(2)11(3,8)9/h5H,4H2,1-3H3. The van der Waals surface area contributed by atoms with E-state index in [9.17, 15) is 13.2 Å². The molecule has 0 heterocycles. The summed E-state index contributed by atoms with van der Waals surface area (Å²) in [7, 11) is -3.19. The van der Waals surface area contributed by atoms with Gasteiger partial charge in [-0.2, -0.15) is 0 Å². The topological polar surface area (TPSA) is 51.2 Å². The molecule has 0 aliphatic rings. The predicted octanol–water partition coefficient (Wildman–Crippen LogP) is 0.699. The van der Waals surface area contributed by atoms with Crippen LogP contribution in [0.3, 0.4) is 0 Å². The van der Waals surface area contributed by atoms with E-state index in [4.69, 9.17) is 0 Å². The van der Waals surface area contributed by atoms with E-state index in [-0.39, 0.29) is 5.12 Å². The molecule has 5 heteroatoms. The number of carbonyl (C=O) groups is 1. The molecule has 11 heavy (non-hydrogen) atoms. The summed E-state index contributed by atoms with van der Waals surface area (Å²) in [5.74, 6) is 0.624. The van der Waals surface area contributed by atoms with Crippen LogP contribution in [0.2, 0.25) is 0 Å². The van der Waals surface area contributed by atoms with Crippen LogP contribution in [0.5, 0.6) is 0 Å². The maximum atomic E-state index is 11.0. The Labute approximate surface area is 71.5 Å². The third kappa shape index (κ3) is 3.76. The van der Waals surface area contributed by atoms with Gasteiger partial charge in [0.2, 0.25) is 5.12 Å². The molecule has 0 aliphatic heterocycles. The number of hydrogen-bond acceptors (Lipinski definition) is 4. The molecule has 0 aromatic rings. The fraction of sp³-hybridized carbons (Fsp3) is 0.833. The van der Waals surface area contributed by atoms with Crippen LogP contribution >= 0.6 is 11.8 Å². The van der Waals surface area contributed by atoms with Gasteiger partial charge in [-0.1, -0.05) is 18.7 Å². The average Bonchev–Trinajstić information content (AvgIpc) is 1.85. The molecule has 66 valence electrons. The van der Waals surface area contributed by atoms with E-state index in [1.807, 2.05) is 6.92 Å². The first-order chi connectivity index (χ1) is 4.89. The fourth-order valence-corrected chi connectivity index (χ4v) is 2.03. The van der Waals surface area contributed by atoms with Crippen LogP contribution in [0, 0.1) is 0 Å². The lowest BCUT2D eigenvalue weighted by molar-refractivity contribution is -0.110. The van der Waals surface area contributed by atoms with Crippen molar-refractivity contribution < 1.29 is 13.2 Å². The Morgan fingerprint density at radius 3 is 2.27 bits per heavy atom. The van der Waals surface area contributed by atoms with Crippen LogP contribution < -0.4 is 0 Å². The molecule has 0 fully saturated rings. The van der Waals surface area contributed by atoms with Gasteiger partial charge >= 0.3 is 0 Å². The van der Waals surface area contributed by atoms with Crippen molar-refractivity contribution in [2.75, 3.05) is 12.0 Å². The highest BCUT2D eigenvalue weighted by Crippen LogP contribution is 2.10. The highest BCUT2D eigenvalue weighted by Gasteiger charge is 2.22. The highest BCUT2D eigenvalue weighted by molar-refractivity contribution is 8.15. The minimum atomic E-state index is -3.19. The minimum Gasteiger partial charge on any atom is -0.286 e. The zero-order chi connectivity index (χ0) is 9.07. The molecule has 0 aromatic carbocycles. The van der Waals surface area contributed by atoms with Gasteiger partial charge in [0.1, 0.15) is 5.25 Å². The van der Waals surface area contributed by atoms with E-state index in [2.05, 4.69) is 0 Å². The zero-order valence-corrected chi connectivity index (χ0v) is 8.46. The summed E-state index contributed by atoms with van der Waals surface area (Å²) < 4.78 is 21.6. The fourth-order valence-electron chi connectivity index (χ4n) is 0.434. The SMILES string of the molecule is CCSC(=O)C(C)S(C)(=O)=O. The minimum absolute atomic E-state index is 0.269. The molecular formula is C6H12O3S2. The highest BCUT2D eigenvalue weighted by atomic mass is 32.2. The van der Waals surface area contributed by atoms with E-state index in [1.165, 1.54) is 6.92 Å². The average molecular weight is 196 g/mol. The molecule has 1 atom stereocenters. The van der Waals surface area contributed by atoms with Crippen LogP contribution in [0.1, 0.15) is 13.8 Å². The molecular weight excluding hydrogens is 184 g/mol. The number of thioether (sulfide) groups is 1. The van der Waals surface area contributed by atoms with Crippen molar-refractivity contribution in [1.29, 1.82) is 0 Å². The summed E-state index contributed by atoms with van der Waals surface area (Å²) in [5, 5.41) is -1.14. The first-order valence-corrected chi connectivity index (χ1v) is 6.19. The van der Waals surface area contributed by atoms with Crippen molar-refractivity contribution in [2.24, 2.45) is 0 Å². The summed E-state index contributed by atoms with van der Waals surface area (Å²) in [4.78, 5) is 11.0. The van der Waals surface area contributed by atoms with E-state index in [0.717, 1.165) is 18.0 Å². The van der Waals surface area contributed by atoms with Crippen molar-refractivity contribution in [2.45, 2.75) is 19.1 Å². The van der Waals surface area contributed by atoms with Crippen LogP contribution in [0.15, 0.2) is 0 Å². The van der Waals surface area contributed by atoms with Crippen LogP contribution in [-0.4, -0.2) is 30.8 Å². The first kappa shape index (κ1) is 11.0. The largest absolute Gasteiger partial charge is 0.286 e. The smallest absolute Gasteiger partial charge is 0.206 e. The lowest BCUT2D eigenvalue weighted by atomic mass is 10.5. The zero-order valence-electron chi connectivity index (χ0n) is 6.83. The second kappa shape index (κ2) is 4.11. The van der Waals surface area contributed by atoms with Gasteiger partial charge in [-0.15, -0.1) is 0 Å². The van der Waals surface area contributed by atoms with Crippen LogP contribution in [0.4, 0.5) is 0 Å². The molecule has 3 nitrogen and oxygen atoms in total. The predicted molar refractivity (Wildman–Crippen MR) is 47.4 cm³/mol. The molecule has 0 saturated carbocycles. The van der Waals surface area contributed by atoms with Gasteiger partial charge < -0.3 is 0 Å². The maximum absolute atomic E-state index is 11.0. The molecule has 0 amide bonds. The molecule has 0 saturated heterocycles. The van der Waals surface area contributed by atoms with Crippen molar-refractivity contribution in [3.8, 4) is 0 Å². The van der Waals surface area contributed by atoms with Gasteiger partial charge in [0, 0.05) is 6.26 Å². The molecule has 0 spiro atoms. The summed E-state index contributed by atoms with van der Waals surface area (Å²) in [6.45, 7) is 3.23. The Balaban J connectivity index is 4.27. The van der Waals surface area contributed by atoms with E-state index in [0.29, 0.717) is 5.75 Å². The Hall–Kier alpha value is -0.0300. The lowest BCUT2D eigenvalue weighted by Crippen LogP contribution is -2.23. The monoisotopic (exact) mass is 196 g/mol. The van der Waals surface area contributed by atoms with Gasteiger partial charge in [-0.3, -0.25) is 4.79 Å². The normalized spacial score (nSPS) is 14.5. The molecule has 0 radical (unpaired) electrons. The van der Waals surface area contributed by atoms with E-state index in [1.54, 1.807) is 0 Å². The summed E-state index contributed by atoms with van der Waals surface area (Å²) in [6, 6.07) is 0. The third-order valence-electron chi connectivity index (χ3n) is 1.26. The van der Waals surface area contributed by atoms with Gasteiger partial charge in [-0.25, -0.2) is 8.42 Å². The first-order valence-electron chi connectivity index (χ1n) is 3.25. The molecule has 0 N–H and O–H groups in total. The van der Waals surface area contributed by atoms with E-state index >= 15 is 0 Å². The summed E-state index contributed by atoms with van der Waals surface area (Å²) >= 11 is 1.05. The van der Waals surface area contributed by atoms with Gasteiger partial charge in [0.05, 0.1) is 0 Å². The molecule has 0 bridgehead atoms. The summed E-state index contributed by atoms with van der Waals surface area (Å²) in [6.07, 6.45) is 1.08. The summed E-state index contributed by atoms with van der Waals surface area (Å²) in [5.41, 5.74) is 0. The van der Waals surface area contributed by atoms with Crippen LogP contribution in [-0.2, 0) is 14.6 Å². The molecule has 0 aromatic heterocycles. The van der Waals surface area contributed by atoms with Crippen molar-refractivity contribution in [3.63, 3.8) is 0 Å².